The van der Waals surface area contributed by atoms with Crippen molar-refractivity contribution in [1.29, 1.82) is 5.26 Å². The van der Waals surface area contributed by atoms with Gasteiger partial charge in [0.1, 0.15) is 16.8 Å². The van der Waals surface area contributed by atoms with E-state index in [2.05, 4.69) is 11.1 Å². The van der Waals surface area contributed by atoms with Crippen molar-refractivity contribution in [2.75, 3.05) is 7.11 Å². The minimum absolute atomic E-state index is 0.570. The van der Waals surface area contributed by atoms with Crippen LogP contribution < -0.4 is 4.74 Å². The molecule has 0 aliphatic carbocycles. The number of aromatic nitrogens is 1. The molecule has 0 saturated carbocycles. The lowest BCUT2D eigenvalue weighted by molar-refractivity contribution is 0.415. The van der Waals surface area contributed by atoms with E-state index in [9.17, 15) is 5.26 Å². The Morgan fingerprint density at radius 2 is 1.87 bits per heavy atom. The molecule has 23 heavy (non-hydrogen) atoms. The second-order valence-corrected chi connectivity index (χ2v) is 5.71. The van der Waals surface area contributed by atoms with Crippen molar-refractivity contribution in [2.45, 2.75) is 0 Å². The molecule has 0 spiro atoms. The van der Waals surface area contributed by atoms with Crippen LogP contribution >= 0.6 is 11.3 Å². The van der Waals surface area contributed by atoms with Crippen LogP contribution in [0.15, 0.2) is 60.0 Å². The van der Waals surface area contributed by atoms with E-state index in [1.807, 2.05) is 66.1 Å². The van der Waals surface area contributed by atoms with E-state index < -0.39 is 0 Å². The molecular formula is C19H14N2OS. The fourth-order valence-corrected chi connectivity index (χ4v) is 2.94. The average molecular weight is 318 g/mol. The number of thiazole rings is 1. The maximum atomic E-state index is 9.42. The largest absolute Gasteiger partial charge is 0.497 e. The van der Waals surface area contributed by atoms with Crippen molar-refractivity contribution in [3.8, 4) is 23.1 Å². The Hall–Kier alpha value is -2.90. The van der Waals surface area contributed by atoms with Crippen LogP contribution in [0.4, 0.5) is 0 Å². The predicted molar refractivity (Wildman–Crippen MR) is 94.0 cm³/mol. The van der Waals surface area contributed by atoms with Gasteiger partial charge in [-0.15, -0.1) is 11.3 Å². The fraction of sp³-hybridized carbons (Fsp3) is 0.0526. The Bertz CT molecular complexity index is 858. The van der Waals surface area contributed by atoms with Crippen LogP contribution in [-0.2, 0) is 0 Å². The molecule has 4 heteroatoms. The third-order valence-electron chi connectivity index (χ3n) is 3.35. The maximum Gasteiger partial charge on any atom is 0.134 e. The molecule has 0 amide bonds. The molecule has 0 saturated heterocycles. The highest BCUT2D eigenvalue weighted by Crippen LogP contribution is 2.28. The number of allylic oxidation sites excluding steroid dienone is 1. The van der Waals surface area contributed by atoms with Gasteiger partial charge < -0.3 is 4.74 Å². The van der Waals surface area contributed by atoms with Crippen molar-refractivity contribution >= 4 is 23.0 Å². The first-order valence-electron chi connectivity index (χ1n) is 7.07. The second kappa shape index (κ2) is 6.91. The van der Waals surface area contributed by atoms with E-state index in [1.54, 1.807) is 7.11 Å². The van der Waals surface area contributed by atoms with E-state index in [-0.39, 0.29) is 0 Å². The number of methoxy groups -OCH3 is 1. The van der Waals surface area contributed by atoms with Crippen molar-refractivity contribution < 1.29 is 4.74 Å². The van der Waals surface area contributed by atoms with Gasteiger partial charge in [-0.3, -0.25) is 0 Å². The Labute approximate surface area is 139 Å². The number of hydrogen-bond donors (Lipinski definition) is 0. The number of nitriles is 1. The van der Waals surface area contributed by atoms with Gasteiger partial charge in [-0.25, -0.2) is 4.98 Å². The van der Waals surface area contributed by atoms with Crippen molar-refractivity contribution in [1.82, 2.24) is 4.98 Å². The van der Waals surface area contributed by atoms with Gasteiger partial charge in [-0.1, -0.05) is 30.3 Å². The summed E-state index contributed by atoms with van der Waals surface area (Å²) in [5, 5.41) is 12.1. The lowest BCUT2D eigenvalue weighted by Gasteiger charge is -2.00. The van der Waals surface area contributed by atoms with Crippen molar-refractivity contribution in [3.05, 3.63) is 70.5 Å². The summed E-state index contributed by atoms with van der Waals surface area (Å²) >= 11 is 1.47. The molecule has 3 nitrogen and oxygen atoms in total. The molecule has 0 fully saturated rings. The van der Waals surface area contributed by atoms with E-state index in [4.69, 9.17) is 4.74 Å². The molecule has 0 radical (unpaired) electrons. The molecule has 3 rings (SSSR count). The van der Waals surface area contributed by atoms with Crippen LogP contribution in [0.25, 0.3) is 22.9 Å². The highest BCUT2D eigenvalue weighted by molar-refractivity contribution is 7.11. The number of rotatable bonds is 4. The standard InChI is InChI=1S/C19H14N2OS/c1-22-17-9-7-15(8-10-17)18-13-23-19(21-18)16(12-20)11-14-5-3-2-4-6-14/h2-11,13H,1H3. The lowest BCUT2D eigenvalue weighted by Crippen LogP contribution is -1.84. The summed E-state index contributed by atoms with van der Waals surface area (Å²) in [7, 11) is 1.64. The summed E-state index contributed by atoms with van der Waals surface area (Å²) in [5.74, 6) is 0.811. The van der Waals surface area contributed by atoms with Gasteiger partial charge in [0.25, 0.3) is 0 Å². The van der Waals surface area contributed by atoms with Crippen molar-refractivity contribution in [3.63, 3.8) is 0 Å². The van der Waals surface area contributed by atoms with Gasteiger partial charge in [0.2, 0.25) is 0 Å². The molecule has 0 unspecified atom stereocenters. The molecule has 0 N–H and O–H groups in total. The van der Waals surface area contributed by atoms with Gasteiger partial charge in [-0.2, -0.15) is 5.26 Å². The summed E-state index contributed by atoms with van der Waals surface area (Å²) < 4.78 is 5.16. The van der Waals surface area contributed by atoms with Gasteiger partial charge in [-0.05, 0) is 35.9 Å². The van der Waals surface area contributed by atoms with Crippen LogP contribution in [0.3, 0.4) is 0 Å². The zero-order valence-corrected chi connectivity index (χ0v) is 13.4. The summed E-state index contributed by atoms with van der Waals surface area (Å²) in [6.07, 6.45) is 1.86. The molecule has 2 aromatic carbocycles. The Morgan fingerprint density at radius 3 is 2.52 bits per heavy atom. The summed E-state index contributed by atoms with van der Waals surface area (Å²) in [6, 6.07) is 19.8. The third kappa shape index (κ3) is 3.47. The molecule has 1 heterocycles. The summed E-state index contributed by atoms with van der Waals surface area (Å²) in [4.78, 5) is 4.59. The molecule has 1 aromatic heterocycles. The van der Waals surface area contributed by atoms with E-state index >= 15 is 0 Å². The first-order valence-corrected chi connectivity index (χ1v) is 7.95. The quantitative estimate of drug-likeness (QED) is 0.644. The number of hydrogen-bond acceptors (Lipinski definition) is 4. The SMILES string of the molecule is COc1ccc(-c2csc(C(C#N)=Cc3ccccc3)n2)cc1. The molecule has 0 bridgehead atoms. The van der Waals surface area contributed by atoms with Crippen LogP contribution in [0.5, 0.6) is 5.75 Å². The van der Waals surface area contributed by atoms with E-state index in [1.165, 1.54) is 11.3 Å². The Kier molecular flexibility index (Phi) is 4.51. The zero-order valence-electron chi connectivity index (χ0n) is 12.6. The second-order valence-electron chi connectivity index (χ2n) is 4.85. The Morgan fingerprint density at radius 1 is 1.13 bits per heavy atom. The predicted octanol–water partition coefficient (Wildman–Crippen LogP) is 4.88. The number of ether oxygens (including phenoxy) is 1. The third-order valence-corrected chi connectivity index (χ3v) is 4.23. The monoisotopic (exact) mass is 318 g/mol. The molecule has 112 valence electrons. The molecular weight excluding hydrogens is 304 g/mol. The highest BCUT2D eigenvalue weighted by atomic mass is 32.1. The summed E-state index contributed by atoms with van der Waals surface area (Å²) in [6.45, 7) is 0. The Balaban J connectivity index is 1.91. The zero-order chi connectivity index (χ0) is 16.1. The number of benzene rings is 2. The first-order chi connectivity index (χ1) is 11.3. The van der Waals surface area contributed by atoms with Gasteiger partial charge in [0.15, 0.2) is 0 Å². The van der Waals surface area contributed by atoms with Crippen LogP contribution in [0.2, 0.25) is 0 Å². The van der Waals surface area contributed by atoms with Crippen LogP contribution in [-0.4, -0.2) is 12.1 Å². The average Bonchev–Trinajstić information content (AvgIpc) is 3.10. The maximum absolute atomic E-state index is 9.42. The normalized spacial score (nSPS) is 11.0. The minimum Gasteiger partial charge on any atom is -0.497 e. The van der Waals surface area contributed by atoms with E-state index in [0.29, 0.717) is 5.57 Å². The first kappa shape index (κ1) is 15.0. The topological polar surface area (TPSA) is 45.9 Å². The lowest BCUT2D eigenvalue weighted by atomic mass is 10.1. The molecule has 0 aliphatic rings. The number of nitrogens with zero attached hydrogens (tertiary/aromatic N) is 2. The smallest absolute Gasteiger partial charge is 0.134 e. The summed E-state index contributed by atoms with van der Waals surface area (Å²) in [5.41, 5.74) is 3.43. The van der Waals surface area contributed by atoms with Crippen LogP contribution in [0, 0.1) is 11.3 Å². The van der Waals surface area contributed by atoms with Crippen molar-refractivity contribution in [2.24, 2.45) is 0 Å². The molecule has 0 atom stereocenters. The van der Waals surface area contributed by atoms with Gasteiger partial charge in [0, 0.05) is 10.9 Å². The molecule has 3 aromatic rings. The highest BCUT2D eigenvalue weighted by Gasteiger charge is 2.09. The van der Waals surface area contributed by atoms with Gasteiger partial charge in [0.05, 0.1) is 18.4 Å². The van der Waals surface area contributed by atoms with Gasteiger partial charge >= 0.3 is 0 Å². The minimum atomic E-state index is 0.570. The fourth-order valence-electron chi connectivity index (χ4n) is 2.15. The van der Waals surface area contributed by atoms with E-state index in [0.717, 1.165) is 27.6 Å². The van der Waals surface area contributed by atoms with Crippen LogP contribution in [0.1, 0.15) is 10.6 Å². The molecule has 0 aliphatic heterocycles.